The largest absolute Gasteiger partial charge is 0.507 e. The van der Waals surface area contributed by atoms with Gasteiger partial charge in [-0.05, 0) is 66.1 Å². The number of carbonyl (C=O) groups excluding carboxylic acids is 2. The van der Waals surface area contributed by atoms with E-state index in [-0.39, 0.29) is 22.7 Å². The summed E-state index contributed by atoms with van der Waals surface area (Å²) in [6.07, 6.45) is 0.381. The number of nitrogens with zero attached hydrogens (tertiary/aromatic N) is 1. The van der Waals surface area contributed by atoms with Gasteiger partial charge in [0, 0.05) is 22.2 Å². The number of aliphatic hydroxyl groups is 1. The van der Waals surface area contributed by atoms with Crippen molar-refractivity contribution in [1.29, 1.82) is 0 Å². The predicted molar refractivity (Wildman–Crippen MR) is 135 cm³/mol. The Labute approximate surface area is 217 Å². The van der Waals surface area contributed by atoms with E-state index in [1.807, 2.05) is 6.07 Å². The number of halogens is 3. The maximum Gasteiger partial charge on any atom is 0.295 e. The van der Waals surface area contributed by atoms with E-state index in [0.717, 1.165) is 17.7 Å². The third-order valence-corrected chi connectivity index (χ3v) is 6.57. The van der Waals surface area contributed by atoms with Gasteiger partial charge in [0.05, 0.1) is 25.8 Å². The molecule has 1 fully saturated rings. The van der Waals surface area contributed by atoms with E-state index in [2.05, 4.69) is 0 Å². The quantitative estimate of drug-likeness (QED) is 0.237. The van der Waals surface area contributed by atoms with Crippen LogP contribution in [0.15, 0.2) is 66.2 Å². The minimum absolute atomic E-state index is 0.136. The van der Waals surface area contributed by atoms with Crippen LogP contribution in [0.2, 0.25) is 10.0 Å². The van der Waals surface area contributed by atoms with Crippen molar-refractivity contribution < 1.29 is 28.6 Å². The lowest BCUT2D eigenvalue weighted by atomic mass is 9.95. The summed E-state index contributed by atoms with van der Waals surface area (Å²) in [7, 11) is 3.06. The van der Waals surface area contributed by atoms with Gasteiger partial charge in [-0.15, -0.1) is 0 Å². The minimum Gasteiger partial charge on any atom is -0.507 e. The first kappa shape index (κ1) is 25.5. The number of aliphatic hydroxyl groups excluding tert-OH is 1. The molecule has 0 spiro atoms. The molecule has 0 bridgehead atoms. The standard InChI is InChI=1S/C27H22Cl2FNO5/c1-35-21-10-3-15(13-22(21)36-2)11-12-31-24(19-9-6-17(28)14-20(19)29)23(26(33)27(31)34)25(32)16-4-7-18(30)8-5-16/h3-10,13-14,24,32H,11-12H2,1-2H3. The topological polar surface area (TPSA) is 76.1 Å². The monoisotopic (exact) mass is 529 g/mol. The fourth-order valence-electron chi connectivity index (χ4n) is 4.21. The molecular formula is C27H22Cl2FNO5. The first-order chi connectivity index (χ1) is 17.2. The maximum absolute atomic E-state index is 13.5. The third kappa shape index (κ3) is 4.90. The van der Waals surface area contributed by atoms with Crippen LogP contribution in [0.1, 0.15) is 22.7 Å². The molecule has 1 N–H and O–H groups in total. The molecule has 0 aliphatic carbocycles. The molecule has 3 aromatic carbocycles. The van der Waals surface area contributed by atoms with Crippen molar-refractivity contribution in [2.24, 2.45) is 0 Å². The molecule has 0 radical (unpaired) electrons. The highest BCUT2D eigenvalue weighted by molar-refractivity contribution is 6.47. The zero-order valence-electron chi connectivity index (χ0n) is 19.4. The summed E-state index contributed by atoms with van der Waals surface area (Å²) in [4.78, 5) is 27.7. The molecule has 1 heterocycles. The molecule has 1 unspecified atom stereocenters. The number of ketones is 1. The molecule has 0 saturated carbocycles. The van der Waals surface area contributed by atoms with Crippen LogP contribution in [0, 0.1) is 5.82 Å². The second-order valence-corrected chi connectivity index (χ2v) is 8.95. The molecular weight excluding hydrogens is 508 g/mol. The molecule has 186 valence electrons. The summed E-state index contributed by atoms with van der Waals surface area (Å²) < 4.78 is 24.1. The zero-order chi connectivity index (χ0) is 26.0. The molecule has 0 aromatic heterocycles. The Kier molecular flexibility index (Phi) is 7.52. The SMILES string of the molecule is COc1ccc(CCN2C(=O)C(=O)C(=C(O)c3ccc(F)cc3)C2c2ccc(Cl)cc2Cl)cc1OC. The van der Waals surface area contributed by atoms with E-state index >= 15 is 0 Å². The minimum atomic E-state index is -0.972. The fraction of sp³-hybridized carbons (Fsp3) is 0.185. The lowest BCUT2D eigenvalue weighted by Gasteiger charge is -2.26. The highest BCUT2D eigenvalue weighted by Crippen LogP contribution is 2.42. The van der Waals surface area contributed by atoms with Crippen molar-refractivity contribution in [3.63, 3.8) is 0 Å². The lowest BCUT2D eigenvalue weighted by molar-refractivity contribution is -0.139. The lowest BCUT2D eigenvalue weighted by Crippen LogP contribution is -2.31. The van der Waals surface area contributed by atoms with Crippen molar-refractivity contribution in [1.82, 2.24) is 4.90 Å². The van der Waals surface area contributed by atoms with Crippen LogP contribution >= 0.6 is 23.2 Å². The van der Waals surface area contributed by atoms with Crippen molar-refractivity contribution in [2.45, 2.75) is 12.5 Å². The van der Waals surface area contributed by atoms with Crippen LogP contribution < -0.4 is 9.47 Å². The number of ether oxygens (including phenoxy) is 2. The number of rotatable bonds is 7. The van der Waals surface area contributed by atoms with Crippen LogP contribution in [-0.4, -0.2) is 42.5 Å². The normalized spacial score (nSPS) is 16.9. The average Bonchev–Trinajstić information content (AvgIpc) is 3.12. The van der Waals surface area contributed by atoms with Crippen LogP contribution in [0.3, 0.4) is 0 Å². The van der Waals surface area contributed by atoms with Gasteiger partial charge in [-0.1, -0.05) is 35.3 Å². The van der Waals surface area contributed by atoms with E-state index < -0.39 is 29.3 Å². The van der Waals surface area contributed by atoms with Gasteiger partial charge in [0.25, 0.3) is 11.7 Å². The van der Waals surface area contributed by atoms with Gasteiger partial charge < -0.3 is 19.5 Å². The second kappa shape index (κ2) is 10.6. The number of methoxy groups -OCH3 is 2. The Balaban J connectivity index is 1.77. The summed E-state index contributed by atoms with van der Waals surface area (Å²) in [6.45, 7) is 0.143. The van der Waals surface area contributed by atoms with Gasteiger partial charge in [-0.3, -0.25) is 9.59 Å². The van der Waals surface area contributed by atoms with Crippen LogP contribution in [-0.2, 0) is 16.0 Å². The highest BCUT2D eigenvalue weighted by atomic mass is 35.5. The number of amides is 1. The summed E-state index contributed by atoms with van der Waals surface area (Å²) in [6, 6.07) is 14.1. The van der Waals surface area contributed by atoms with Gasteiger partial charge >= 0.3 is 0 Å². The maximum atomic E-state index is 13.5. The summed E-state index contributed by atoms with van der Waals surface area (Å²) >= 11 is 12.5. The Morgan fingerprint density at radius 1 is 0.972 bits per heavy atom. The molecule has 9 heteroatoms. The molecule has 1 aliphatic rings. The number of benzene rings is 3. The molecule has 1 atom stereocenters. The van der Waals surface area contributed by atoms with E-state index in [9.17, 15) is 19.1 Å². The Hall–Kier alpha value is -3.55. The predicted octanol–water partition coefficient (Wildman–Crippen LogP) is 5.81. The van der Waals surface area contributed by atoms with Crippen molar-refractivity contribution in [3.8, 4) is 11.5 Å². The highest BCUT2D eigenvalue weighted by Gasteiger charge is 2.46. The summed E-state index contributed by atoms with van der Waals surface area (Å²) in [5.74, 6) is -1.47. The number of hydrogen-bond acceptors (Lipinski definition) is 5. The number of Topliss-reactive ketones (excluding diaryl/α,β-unsaturated/α-hetero) is 1. The van der Waals surface area contributed by atoms with Gasteiger partial charge in [0.15, 0.2) is 11.5 Å². The van der Waals surface area contributed by atoms with Crippen LogP contribution in [0.5, 0.6) is 11.5 Å². The Morgan fingerprint density at radius 3 is 2.31 bits per heavy atom. The molecule has 36 heavy (non-hydrogen) atoms. The number of hydrogen-bond donors (Lipinski definition) is 1. The fourth-order valence-corrected chi connectivity index (χ4v) is 4.72. The number of carbonyl (C=O) groups is 2. The second-order valence-electron chi connectivity index (χ2n) is 8.10. The van der Waals surface area contributed by atoms with E-state index in [1.165, 1.54) is 37.3 Å². The Morgan fingerprint density at radius 2 is 1.67 bits per heavy atom. The van der Waals surface area contributed by atoms with Crippen molar-refractivity contribution >= 4 is 40.7 Å². The molecule has 6 nitrogen and oxygen atoms in total. The van der Waals surface area contributed by atoms with Crippen LogP contribution in [0.25, 0.3) is 5.76 Å². The summed E-state index contributed by atoms with van der Waals surface area (Å²) in [5.41, 5.74) is 1.33. The molecule has 1 saturated heterocycles. The van der Waals surface area contributed by atoms with Gasteiger partial charge in [0.1, 0.15) is 11.6 Å². The average molecular weight is 530 g/mol. The molecule has 3 aromatic rings. The molecule has 1 amide bonds. The zero-order valence-corrected chi connectivity index (χ0v) is 20.9. The Bertz CT molecular complexity index is 1360. The first-order valence-electron chi connectivity index (χ1n) is 10.9. The van der Waals surface area contributed by atoms with E-state index in [1.54, 1.807) is 24.3 Å². The van der Waals surface area contributed by atoms with Crippen molar-refractivity contribution in [2.75, 3.05) is 20.8 Å². The van der Waals surface area contributed by atoms with Crippen molar-refractivity contribution in [3.05, 3.63) is 98.8 Å². The van der Waals surface area contributed by atoms with E-state index in [0.29, 0.717) is 28.5 Å². The third-order valence-electron chi connectivity index (χ3n) is 6.00. The number of likely N-dealkylation sites (tertiary alicyclic amines) is 1. The van der Waals surface area contributed by atoms with Gasteiger partial charge in [-0.25, -0.2) is 4.39 Å². The molecule has 4 rings (SSSR count). The smallest absolute Gasteiger partial charge is 0.295 e. The van der Waals surface area contributed by atoms with Gasteiger partial charge in [0.2, 0.25) is 0 Å². The summed E-state index contributed by atoms with van der Waals surface area (Å²) in [5, 5.41) is 11.7. The molecule has 1 aliphatic heterocycles. The first-order valence-corrected chi connectivity index (χ1v) is 11.7. The van der Waals surface area contributed by atoms with Crippen LogP contribution in [0.4, 0.5) is 4.39 Å². The van der Waals surface area contributed by atoms with Gasteiger partial charge in [-0.2, -0.15) is 0 Å². The van der Waals surface area contributed by atoms with E-state index in [4.69, 9.17) is 32.7 Å².